The second kappa shape index (κ2) is 9.40. The van der Waals surface area contributed by atoms with E-state index >= 15 is 0 Å². The summed E-state index contributed by atoms with van der Waals surface area (Å²) in [5, 5.41) is 5.25. The fourth-order valence-corrected chi connectivity index (χ4v) is 2.98. The molecular weight excluding hydrogens is 338 g/mol. The normalized spacial score (nSPS) is 19.6. The molecule has 8 heteroatoms. The van der Waals surface area contributed by atoms with Crippen LogP contribution in [0.3, 0.4) is 0 Å². The summed E-state index contributed by atoms with van der Waals surface area (Å²) >= 11 is 0. The van der Waals surface area contributed by atoms with Gasteiger partial charge in [0.1, 0.15) is 25.8 Å². The molecule has 1 aromatic rings. The van der Waals surface area contributed by atoms with E-state index in [2.05, 4.69) is 10.6 Å². The quantitative estimate of drug-likeness (QED) is 0.416. The van der Waals surface area contributed by atoms with Crippen LogP contribution in [0.1, 0.15) is 6.42 Å². The van der Waals surface area contributed by atoms with E-state index in [1.54, 1.807) is 0 Å². The maximum Gasteiger partial charge on any atom is 0.309 e. The minimum Gasteiger partial charge on any atom is -0.486 e. The summed E-state index contributed by atoms with van der Waals surface area (Å²) in [6.07, 6.45) is 0.525. The lowest BCUT2D eigenvalue weighted by atomic mass is 10.2. The van der Waals surface area contributed by atoms with Crippen LogP contribution in [0.15, 0.2) is 24.3 Å². The zero-order valence-corrected chi connectivity index (χ0v) is 14.8. The number of nitrogens with one attached hydrogen (secondary N) is 3. The highest BCUT2D eigenvalue weighted by Gasteiger charge is 2.22. The lowest BCUT2D eigenvalue weighted by molar-refractivity contribution is -0.908. The van der Waals surface area contributed by atoms with Crippen LogP contribution in [-0.2, 0) is 14.3 Å². The smallest absolute Gasteiger partial charge is 0.309 e. The Kier molecular flexibility index (Phi) is 6.68. The van der Waals surface area contributed by atoms with Crippen LogP contribution >= 0.6 is 0 Å². The predicted octanol–water partition coefficient (Wildman–Crippen LogP) is -1.64. The summed E-state index contributed by atoms with van der Waals surface area (Å²) in [6.45, 7) is 5.61. The molecule has 0 saturated carbocycles. The highest BCUT2D eigenvalue weighted by atomic mass is 16.6. The third-order valence-corrected chi connectivity index (χ3v) is 4.46. The molecule has 2 heterocycles. The number of hydrogen-bond donors (Lipinski definition) is 3. The SMILES string of the molecule is O=C(NCCC[NH+]1CCOCC1)C(=O)NC[C@@H]1COc2ccccc2O1. The first-order valence-electron chi connectivity index (χ1n) is 9.08. The van der Waals surface area contributed by atoms with Crippen LogP contribution < -0.4 is 25.0 Å². The number of para-hydroxylation sites is 2. The standard InChI is InChI=1S/C18H25N3O5/c22-17(19-6-3-7-21-8-10-24-11-9-21)18(23)20-12-14-13-25-15-4-1-2-5-16(15)26-14/h1-2,4-5,14H,3,6-13H2,(H,19,22)(H,20,23)/p+1/t14-/m1/s1. The zero-order valence-electron chi connectivity index (χ0n) is 14.8. The van der Waals surface area contributed by atoms with Gasteiger partial charge in [-0.3, -0.25) is 9.59 Å². The highest BCUT2D eigenvalue weighted by molar-refractivity contribution is 6.35. The summed E-state index contributed by atoms with van der Waals surface area (Å²) in [5.74, 6) is 0.0774. The molecule has 1 fully saturated rings. The van der Waals surface area contributed by atoms with E-state index in [4.69, 9.17) is 14.2 Å². The average molecular weight is 364 g/mol. The van der Waals surface area contributed by atoms with Crippen molar-refractivity contribution in [2.45, 2.75) is 12.5 Å². The molecule has 0 aromatic heterocycles. The van der Waals surface area contributed by atoms with E-state index in [0.29, 0.717) is 24.7 Å². The molecule has 1 atom stereocenters. The van der Waals surface area contributed by atoms with E-state index in [1.807, 2.05) is 24.3 Å². The van der Waals surface area contributed by atoms with Crippen molar-refractivity contribution >= 4 is 11.8 Å². The Morgan fingerprint density at radius 1 is 1.08 bits per heavy atom. The largest absolute Gasteiger partial charge is 0.486 e. The van der Waals surface area contributed by atoms with Crippen LogP contribution in [0.2, 0.25) is 0 Å². The Bertz CT molecular complexity index is 619. The van der Waals surface area contributed by atoms with E-state index in [1.165, 1.54) is 4.90 Å². The van der Waals surface area contributed by atoms with Crippen LogP contribution in [0, 0.1) is 0 Å². The molecule has 3 N–H and O–H groups in total. The van der Waals surface area contributed by atoms with Gasteiger partial charge in [0.05, 0.1) is 26.3 Å². The molecule has 0 bridgehead atoms. The molecule has 1 saturated heterocycles. The van der Waals surface area contributed by atoms with Gasteiger partial charge < -0.3 is 29.7 Å². The number of ether oxygens (including phenoxy) is 3. The van der Waals surface area contributed by atoms with E-state index in [0.717, 1.165) is 39.3 Å². The summed E-state index contributed by atoms with van der Waals surface area (Å²) in [4.78, 5) is 25.2. The molecule has 1 aromatic carbocycles. The van der Waals surface area contributed by atoms with Crippen LogP contribution in [-0.4, -0.2) is 70.5 Å². The van der Waals surface area contributed by atoms with E-state index in [9.17, 15) is 9.59 Å². The third-order valence-electron chi connectivity index (χ3n) is 4.46. The number of rotatable bonds is 6. The van der Waals surface area contributed by atoms with Crippen molar-refractivity contribution in [1.29, 1.82) is 0 Å². The lowest BCUT2D eigenvalue weighted by Gasteiger charge is -2.26. The monoisotopic (exact) mass is 364 g/mol. The van der Waals surface area contributed by atoms with Crippen LogP contribution in [0.4, 0.5) is 0 Å². The first kappa shape index (κ1) is 18.5. The number of morpholine rings is 1. The van der Waals surface area contributed by atoms with E-state index in [-0.39, 0.29) is 12.6 Å². The molecule has 2 amide bonds. The molecule has 26 heavy (non-hydrogen) atoms. The topological polar surface area (TPSA) is 90.3 Å². The van der Waals surface area contributed by atoms with Gasteiger partial charge in [0.25, 0.3) is 0 Å². The molecule has 8 nitrogen and oxygen atoms in total. The highest BCUT2D eigenvalue weighted by Crippen LogP contribution is 2.30. The Morgan fingerprint density at radius 2 is 1.81 bits per heavy atom. The predicted molar refractivity (Wildman–Crippen MR) is 93.4 cm³/mol. The molecule has 0 spiro atoms. The van der Waals surface area contributed by atoms with Gasteiger partial charge in [0.2, 0.25) is 0 Å². The van der Waals surface area contributed by atoms with Crippen molar-refractivity contribution in [2.24, 2.45) is 0 Å². The van der Waals surface area contributed by atoms with Crippen molar-refractivity contribution in [3.8, 4) is 11.5 Å². The zero-order chi connectivity index (χ0) is 18.2. The molecule has 142 valence electrons. The molecule has 0 unspecified atom stereocenters. The summed E-state index contributed by atoms with van der Waals surface area (Å²) in [6, 6.07) is 7.37. The Morgan fingerprint density at radius 3 is 2.62 bits per heavy atom. The molecule has 2 aliphatic heterocycles. The molecule has 0 radical (unpaired) electrons. The minimum absolute atomic E-state index is 0.221. The third kappa shape index (κ3) is 5.34. The van der Waals surface area contributed by atoms with Gasteiger partial charge in [0, 0.05) is 13.0 Å². The average Bonchev–Trinajstić information content (AvgIpc) is 2.70. The number of benzene rings is 1. The van der Waals surface area contributed by atoms with Gasteiger partial charge >= 0.3 is 11.8 Å². The van der Waals surface area contributed by atoms with Gasteiger partial charge in [-0.1, -0.05) is 12.1 Å². The Balaban J connectivity index is 1.30. The Labute approximate surface area is 152 Å². The number of carbonyl (C=O) groups excluding carboxylic acids is 2. The first-order valence-corrected chi connectivity index (χ1v) is 9.08. The molecule has 0 aliphatic carbocycles. The van der Waals surface area contributed by atoms with E-state index < -0.39 is 11.8 Å². The molecule has 2 aliphatic rings. The number of fused-ring (bicyclic) bond motifs is 1. The first-order chi connectivity index (χ1) is 12.7. The van der Waals surface area contributed by atoms with Gasteiger partial charge in [-0.25, -0.2) is 0 Å². The second-order valence-electron chi connectivity index (χ2n) is 6.43. The number of hydrogen-bond acceptors (Lipinski definition) is 5. The van der Waals surface area contributed by atoms with Crippen LogP contribution in [0.25, 0.3) is 0 Å². The fraction of sp³-hybridized carbons (Fsp3) is 0.556. The summed E-state index contributed by atoms with van der Waals surface area (Å²) in [5.41, 5.74) is 0. The molecule has 3 rings (SSSR count). The van der Waals surface area contributed by atoms with Gasteiger partial charge in [-0.15, -0.1) is 0 Å². The number of amides is 2. The molecular formula is C18H26N3O5+. The minimum atomic E-state index is -0.647. The van der Waals surface area contributed by atoms with Crippen molar-refractivity contribution in [2.75, 3.05) is 52.5 Å². The summed E-state index contributed by atoms with van der Waals surface area (Å²) < 4.78 is 16.6. The van der Waals surface area contributed by atoms with Gasteiger partial charge in [-0.05, 0) is 12.1 Å². The van der Waals surface area contributed by atoms with Crippen molar-refractivity contribution in [3.63, 3.8) is 0 Å². The van der Waals surface area contributed by atoms with Crippen molar-refractivity contribution in [3.05, 3.63) is 24.3 Å². The summed E-state index contributed by atoms with van der Waals surface area (Å²) in [7, 11) is 0. The number of carbonyl (C=O) groups is 2. The van der Waals surface area contributed by atoms with Crippen molar-refractivity contribution in [1.82, 2.24) is 10.6 Å². The number of quaternary nitrogens is 1. The fourth-order valence-electron chi connectivity index (χ4n) is 2.98. The second-order valence-corrected chi connectivity index (χ2v) is 6.43. The maximum absolute atomic E-state index is 11.9. The van der Waals surface area contributed by atoms with Gasteiger partial charge in [-0.2, -0.15) is 0 Å². The van der Waals surface area contributed by atoms with Crippen LogP contribution in [0.5, 0.6) is 11.5 Å². The maximum atomic E-state index is 11.9. The lowest BCUT2D eigenvalue weighted by Crippen LogP contribution is -3.14. The van der Waals surface area contributed by atoms with Gasteiger partial charge in [0.15, 0.2) is 11.5 Å². The Hall–Kier alpha value is -2.32. The van der Waals surface area contributed by atoms with Crippen molar-refractivity contribution < 1.29 is 28.7 Å².